The number of rotatable bonds is 5. The summed E-state index contributed by atoms with van der Waals surface area (Å²) in [4.78, 5) is 13.2. The fourth-order valence-corrected chi connectivity index (χ4v) is 2.40. The molecule has 0 atom stereocenters. The van der Waals surface area contributed by atoms with Crippen LogP contribution in [0.2, 0.25) is 0 Å². The van der Waals surface area contributed by atoms with Crippen LogP contribution < -0.4 is 10.6 Å². The van der Waals surface area contributed by atoms with Crippen molar-refractivity contribution in [2.24, 2.45) is 0 Å². The Balaban J connectivity index is 1.77. The molecule has 0 unspecified atom stereocenters. The van der Waals surface area contributed by atoms with Gasteiger partial charge in [-0.3, -0.25) is 4.98 Å². The Kier molecular flexibility index (Phi) is 4.70. The van der Waals surface area contributed by atoms with E-state index < -0.39 is 0 Å². The second kappa shape index (κ2) is 7.08. The molecular formula is C19H21N5. The van der Waals surface area contributed by atoms with Gasteiger partial charge in [-0.15, -0.1) is 0 Å². The van der Waals surface area contributed by atoms with E-state index in [1.54, 1.807) is 6.20 Å². The number of benzene rings is 1. The molecule has 0 radical (unpaired) electrons. The second-order valence-corrected chi connectivity index (χ2v) is 5.88. The number of pyridine rings is 1. The van der Waals surface area contributed by atoms with Crippen molar-refractivity contribution >= 4 is 17.5 Å². The van der Waals surface area contributed by atoms with Gasteiger partial charge in [0.25, 0.3) is 0 Å². The zero-order valence-electron chi connectivity index (χ0n) is 14.2. The van der Waals surface area contributed by atoms with Crippen molar-refractivity contribution in [1.29, 1.82) is 0 Å². The van der Waals surface area contributed by atoms with Gasteiger partial charge in [0.15, 0.2) is 0 Å². The Morgan fingerprint density at radius 1 is 1.00 bits per heavy atom. The molecule has 0 aliphatic rings. The van der Waals surface area contributed by atoms with E-state index in [2.05, 4.69) is 57.6 Å². The Labute approximate surface area is 142 Å². The van der Waals surface area contributed by atoms with Crippen molar-refractivity contribution in [2.45, 2.75) is 27.3 Å². The van der Waals surface area contributed by atoms with Gasteiger partial charge in [-0.2, -0.15) is 4.98 Å². The molecular weight excluding hydrogens is 298 g/mol. The summed E-state index contributed by atoms with van der Waals surface area (Å²) >= 11 is 0. The highest BCUT2D eigenvalue weighted by Crippen LogP contribution is 2.21. The van der Waals surface area contributed by atoms with Gasteiger partial charge < -0.3 is 10.6 Å². The van der Waals surface area contributed by atoms with Gasteiger partial charge in [0.1, 0.15) is 5.82 Å². The van der Waals surface area contributed by atoms with Crippen molar-refractivity contribution < 1.29 is 0 Å². The number of anilines is 3. The number of hydrogen-bond acceptors (Lipinski definition) is 5. The van der Waals surface area contributed by atoms with Crippen LogP contribution in [0.25, 0.3) is 0 Å². The minimum Gasteiger partial charge on any atom is -0.366 e. The van der Waals surface area contributed by atoms with Crippen LogP contribution in [0, 0.1) is 20.8 Å². The highest BCUT2D eigenvalue weighted by atomic mass is 15.1. The van der Waals surface area contributed by atoms with Gasteiger partial charge in [-0.1, -0.05) is 18.2 Å². The summed E-state index contributed by atoms with van der Waals surface area (Å²) in [5, 5.41) is 6.64. The van der Waals surface area contributed by atoms with Crippen LogP contribution in [0.1, 0.15) is 22.4 Å². The van der Waals surface area contributed by atoms with Gasteiger partial charge in [0.2, 0.25) is 5.95 Å². The number of aromatic nitrogens is 3. The molecule has 0 saturated carbocycles. The van der Waals surface area contributed by atoms with Crippen LogP contribution in [-0.4, -0.2) is 15.0 Å². The van der Waals surface area contributed by atoms with Crippen LogP contribution >= 0.6 is 0 Å². The third kappa shape index (κ3) is 4.07. The topological polar surface area (TPSA) is 62.7 Å². The first-order valence-corrected chi connectivity index (χ1v) is 7.93. The molecule has 24 heavy (non-hydrogen) atoms. The first-order valence-electron chi connectivity index (χ1n) is 7.93. The van der Waals surface area contributed by atoms with Gasteiger partial charge >= 0.3 is 0 Å². The van der Waals surface area contributed by atoms with Crippen LogP contribution in [0.4, 0.5) is 17.5 Å². The van der Waals surface area contributed by atoms with Crippen molar-refractivity contribution in [2.75, 3.05) is 10.6 Å². The van der Waals surface area contributed by atoms with E-state index in [0.29, 0.717) is 12.5 Å². The van der Waals surface area contributed by atoms with Crippen LogP contribution in [-0.2, 0) is 6.54 Å². The normalized spacial score (nSPS) is 10.5. The van der Waals surface area contributed by atoms with E-state index in [0.717, 1.165) is 28.3 Å². The van der Waals surface area contributed by atoms with Crippen molar-refractivity contribution in [3.63, 3.8) is 0 Å². The minimum absolute atomic E-state index is 0.595. The summed E-state index contributed by atoms with van der Waals surface area (Å²) in [6, 6.07) is 12.2. The van der Waals surface area contributed by atoms with Gasteiger partial charge in [0.05, 0.1) is 0 Å². The molecule has 0 spiro atoms. The third-order valence-corrected chi connectivity index (χ3v) is 3.69. The standard InChI is InChI=1S/C19H21N5/c1-13-6-7-14(2)17(9-13)23-19-22-15(3)10-18(24-19)21-12-16-5-4-8-20-11-16/h4-11H,12H2,1-3H3,(H2,21,22,23,24). The molecule has 5 nitrogen and oxygen atoms in total. The van der Waals surface area contributed by atoms with Crippen molar-refractivity contribution in [3.05, 3.63) is 71.2 Å². The summed E-state index contributed by atoms with van der Waals surface area (Å²) in [6.45, 7) is 6.78. The molecule has 5 heteroatoms. The molecule has 0 aliphatic carbocycles. The summed E-state index contributed by atoms with van der Waals surface area (Å²) in [5.41, 5.74) is 5.41. The summed E-state index contributed by atoms with van der Waals surface area (Å²) in [6.07, 6.45) is 3.61. The van der Waals surface area contributed by atoms with Gasteiger partial charge in [-0.05, 0) is 49.6 Å². The van der Waals surface area contributed by atoms with Crippen LogP contribution in [0.15, 0.2) is 48.8 Å². The quantitative estimate of drug-likeness (QED) is 0.739. The summed E-state index contributed by atoms with van der Waals surface area (Å²) < 4.78 is 0. The van der Waals surface area contributed by atoms with Crippen molar-refractivity contribution in [3.8, 4) is 0 Å². The number of nitrogens with zero attached hydrogens (tertiary/aromatic N) is 3. The third-order valence-electron chi connectivity index (χ3n) is 3.69. The molecule has 0 saturated heterocycles. The molecule has 0 bridgehead atoms. The number of aryl methyl sites for hydroxylation is 3. The van der Waals surface area contributed by atoms with Crippen LogP contribution in [0.5, 0.6) is 0 Å². The van der Waals surface area contributed by atoms with E-state index >= 15 is 0 Å². The molecule has 122 valence electrons. The van der Waals surface area contributed by atoms with Crippen molar-refractivity contribution in [1.82, 2.24) is 15.0 Å². The zero-order chi connectivity index (χ0) is 16.9. The SMILES string of the molecule is Cc1ccc(C)c(Nc2nc(C)cc(NCc3cccnc3)n2)c1. The molecule has 0 amide bonds. The molecule has 3 aromatic rings. The maximum atomic E-state index is 4.56. The van der Waals surface area contributed by atoms with Gasteiger partial charge in [-0.25, -0.2) is 4.98 Å². The molecule has 2 aromatic heterocycles. The lowest BCUT2D eigenvalue weighted by molar-refractivity contribution is 1.05. The van der Waals surface area contributed by atoms with E-state index in [4.69, 9.17) is 0 Å². The summed E-state index contributed by atoms with van der Waals surface area (Å²) in [7, 11) is 0. The van der Waals surface area contributed by atoms with E-state index in [-0.39, 0.29) is 0 Å². The van der Waals surface area contributed by atoms with E-state index in [1.165, 1.54) is 5.56 Å². The molecule has 1 aromatic carbocycles. The Morgan fingerprint density at radius 2 is 1.88 bits per heavy atom. The lowest BCUT2D eigenvalue weighted by atomic mass is 10.1. The number of hydrogen-bond donors (Lipinski definition) is 2. The molecule has 2 heterocycles. The first-order chi connectivity index (χ1) is 11.6. The van der Waals surface area contributed by atoms with Gasteiger partial charge in [0, 0.05) is 36.4 Å². The Morgan fingerprint density at radius 3 is 2.67 bits per heavy atom. The Bertz CT molecular complexity index is 830. The minimum atomic E-state index is 0.595. The molecule has 0 fully saturated rings. The largest absolute Gasteiger partial charge is 0.366 e. The average molecular weight is 319 g/mol. The molecule has 0 aliphatic heterocycles. The average Bonchev–Trinajstić information content (AvgIpc) is 2.57. The fourth-order valence-electron chi connectivity index (χ4n) is 2.40. The van der Waals surface area contributed by atoms with E-state index in [1.807, 2.05) is 31.3 Å². The maximum Gasteiger partial charge on any atom is 0.229 e. The predicted octanol–water partition coefficient (Wildman–Crippen LogP) is 4.15. The predicted molar refractivity (Wildman–Crippen MR) is 97.5 cm³/mol. The van der Waals surface area contributed by atoms with Crippen LogP contribution in [0.3, 0.4) is 0 Å². The van der Waals surface area contributed by atoms with E-state index in [9.17, 15) is 0 Å². The lowest BCUT2D eigenvalue weighted by Gasteiger charge is -2.12. The molecule has 3 rings (SSSR count). The second-order valence-electron chi connectivity index (χ2n) is 5.88. The highest BCUT2D eigenvalue weighted by Gasteiger charge is 2.05. The monoisotopic (exact) mass is 319 g/mol. The molecule has 2 N–H and O–H groups in total. The highest BCUT2D eigenvalue weighted by molar-refractivity contribution is 5.60. The number of nitrogens with one attached hydrogen (secondary N) is 2. The zero-order valence-corrected chi connectivity index (χ0v) is 14.2. The smallest absolute Gasteiger partial charge is 0.229 e. The maximum absolute atomic E-state index is 4.56. The first kappa shape index (κ1) is 15.9. The Hall–Kier alpha value is -2.95. The fraction of sp³-hybridized carbons (Fsp3) is 0.211. The summed E-state index contributed by atoms with van der Waals surface area (Å²) in [5.74, 6) is 1.39. The lowest BCUT2D eigenvalue weighted by Crippen LogP contribution is -2.06.